The second-order valence-electron chi connectivity index (χ2n) is 6.20. The molecule has 21 heavy (non-hydrogen) atoms. The van der Waals surface area contributed by atoms with Gasteiger partial charge in [-0.15, -0.1) is 0 Å². The van der Waals surface area contributed by atoms with Crippen molar-refractivity contribution in [2.75, 3.05) is 7.11 Å². The summed E-state index contributed by atoms with van der Waals surface area (Å²) in [5, 5.41) is 0.662. The molecule has 0 saturated carbocycles. The highest BCUT2D eigenvalue weighted by Gasteiger charge is 2.23. The zero-order valence-electron chi connectivity index (χ0n) is 13.0. The van der Waals surface area contributed by atoms with Crippen LogP contribution in [0.4, 0.5) is 0 Å². The highest BCUT2D eigenvalue weighted by atomic mass is 35.5. The van der Waals surface area contributed by atoms with Gasteiger partial charge in [-0.3, -0.25) is 0 Å². The number of nitrogens with two attached hydrogens (primary N) is 1. The van der Waals surface area contributed by atoms with Crippen LogP contribution in [-0.4, -0.2) is 7.11 Å². The molecule has 1 unspecified atom stereocenters. The zero-order chi connectivity index (χ0) is 15.6. The average molecular weight is 304 g/mol. The molecule has 0 aliphatic rings. The van der Waals surface area contributed by atoms with Crippen LogP contribution in [0.3, 0.4) is 0 Å². The van der Waals surface area contributed by atoms with Crippen LogP contribution in [0.25, 0.3) is 0 Å². The molecule has 0 radical (unpaired) electrons. The molecule has 0 amide bonds. The van der Waals surface area contributed by atoms with E-state index in [-0.39, 0.29) is 11.5 Å². The lowest BCUT2D eigenvalue weighted by Crippen LogP contribution is -2.21. The Balaban J connectivity index is 2.56. The Morgan fingerprint density at radius 2 is 1.71 bits per heavy atom. The highest BCUT2D eigenvalue weighted by Crippen LogP contribution is 2.35. The fourth-order valence-corrected chi connectivity index (χ4v) is 2.75. The van der Waals surface area contributed by atoms with Gasteiger partial charge in [-0.25, -0.2) is 0 Å². The lowest BCUT2D eigenvalue weighted by molar-refractivity contribution is 0.407. The van der Waals surface area contributed by atoms with Crippen molar-refractivity contribution in [3.63, 3.8) is 0 Å². The van der Waals surface area contributed by atoms with Crippen LogP contribution in [0, 0.1) is 0 Å². The van der Waals surface area contributed by atoms with Crippen LogP contribution in [-0.2, 0) is 5.41 Å². The van der Waals surface area contributed by atoms with Crippen molar-refractivity contribution in [1.82, 2.24) is 0 Å². The van der Waals surface area contributed by atoms with Crippen LogP contribution in [0.15, 0.2) is 42.5 Å². The summed E-state index contributed by atoms with van der Waals surface area (Å²) in [7, 11) is 1.65. The number of benzene rings is 2. The van der Waals surface area contributed by atoms with Crippen molar-refractivity contribution in [3.8, 4) is 5.75 Å². The predicted molar refractivity (Wildman–Crippen MR) is 89.2 cm³/mol. The Hall–Kier alpha value is -1.51. The smallest absolute Gasteiger partial charge is 0.124 e. The molecule has 2 aromatic carbocycles. The third-order valence-electron chi connectivity index (χ3n) is 3.63. The number of rotatable bonds is 3. The predicted octanol–water partition coefficient (Wildman–Crippen LogP) is 4.69. The molecule has 0 bridgehead atoms. The van der Waals surface area contributed by atoms with Gasteiger partial charge in [-0.05, 0) is 34.7 Å². The maximum atomic E-state index is 6.52. The van der Waals surface area contributed by atoms with Crippen LogP contribution in [0.5, 0.6) is 5.75 Å². The SMILES string of the molecule is COc1ccc(Cl)cc1C(N)c1ccccc1C(C)(C)C. The summed E-state index contributed by atoms with van der Waals surface area (Å²) < 4.78 is 5.43. The first-order valence-corrected chi connectivity index (χ1v) is 7.41. The molecule has 2 nitrogen and oxygen atoms in total. The number of halogens is 1. The van der Waals surface area contributed by atoms with E-state index in [4.69, 9.17) is 22.1 Å². The van der Waals surface area contributed by atoms with E-state index in [1.54, 1.807) is 7.11 Å². The Labute approximate surface area is 131 Å². The van der Waals surface area contributed by atoms with Crippen LogP contribution in [0.1, 0.15) is 43.5 Å². The lowest BCUT2D eigenvalue weighted by atomic mass is 9.80. The summed E-state index contributed by atoms with van der Waals surface area (Å²) in [5.41, 5.74) is 9.79. The summed E-state index contributed by atoms with van der Waals surface area (Å²) in [5.74, 6) is 0.760. The van der Waals surface area contributed by atoms with E-state index in [0.29, 0.717) is 5.02 Å². The van der Waals surface area contributed by atoms with Crippen LogP contribution < -0.4 is 10.5 Å². The monoisotopic (exact) mass is 303 g/mol. The number of methoxy groups -OCH3 is 1. The molecule has 2 N–H and O–H groups in total. The van der Waals surface area contributed by atoms with Crippen molar-refractivity contribution in [1.29, 1.82) is 0 Å². The van der Waals surface area contributed by atoms with Crippen LogP contribution in [0.2, 0.25) is 5.02 Å². The summed E-state index contributed by atoms with van der Waals surface area (Å²) >= 11 is 6.12. The van der Waals surface area contributed by atoms with E-state index < -0.39 is 0 Å². The van der Waals surface area contributed by atoms with Gasteiger partial charge in [0, 0.05) is 10.6 Å². The van der Waals surface area contributed by atoms with Gasteiger partial charge in [-0.2, -0.15) is 0 Å². The minimum Gasteiger partial charge on any atom is -0.496 e. The molecule has 0 aliphatic heterocycles. The van der Waals surface area contributed by atoms with E-state index >= 15 is 0 Å². The third kappa shape index (κ3) is 3.39. The molecule has 0 saturated heterocycles. The number of hydrogen-bond donors (Lipinski definition) is 1. The molecule has 0 heterocycles. The largest absolute Gasteiger partial charge is 0.496 e. The number of ether oxygens (including phenoxy) is 1. The van der Waals surface area contributed by atoms with Crippen molar-refractivity contribution in [2.45, 2.75) is 32.2 Å². The van der Waals surface area contributed by atoms with Gasteiger partial charge >= 0.3 is 0 Å². The maximum Gasteiger partial charge on any atom is 0.124 e. The molecule has 0 fully saturated rings. The van der Waals surface area contributed by atoms with E-state index in [0.717, 1.165) is 16.9 Å². The van der Waals surface area contributed by atoms with E-state index in [1.807, 2.05) is 30.3 Å². The normalized spacial score (nSPS) is 13.0. The first kappa shape index (κ1) is 15.9. The lowest BCUT2D eigenvalue weighted by Gasteiger charge is -2.26. The van der Waals surface area contributed by atoms with Gasteiger partial charge in [0.2, 0.25) is 0 Å². The molecule has 0 aromatic heterocycles. The molecule has 1 atom stereocenters. The molecule has 0 spiro atoms. The minimum atomic E-state index is -0.269. The standard InChI is InChI=1S/C18H22ClNO/c1-18(2,3)15-8-6-5-7-13(15)17(20)14-11-12(19)9-10-16(14)21-4/h5-11,17H,20H2,1-4H3. The van der Waals surface area contributed by atoms with Gasteiger partial charge in [0.1, 0.15) is 5.75 Å². The van der Waals surface area contributed by atoms with Gasteiger partial charge in [0.25, 0.3) is 0 Å². The van der Waals surface area contributed by atoms with Gasteiger partial charge in [0.15, 0.2) is 0 Å². The fraction of sp³-hybridized carbons (Fsp3) is 0.333. The molecule has 2 rings (SSSR count). The quantitative estimate of drug-likeness (QED) is 0.892. The Bertz CT molecular complexity index is 631. The Kier molecular flexibility index (Phi) is 4.60. The Morgan fingerprint density at radius 3 is 2.33 bits per heavy atom. The first-order valence-electron chi connectivity index (χ1n) is 7.03. The summed E-state index contributed by atoms with van der Waals surface area (Å²) in [6.45, 7) is 6.56. The van der Waals surface area contributed by atoms with Crippen molar-refractivity contribution >= 4 is 11.6 Å². The van der Waals surface area contributed by atoms with Gasteiger partial charge < -0.3 is 10.5 Å². The molecule has 112 valence electrons. The van der Waals surface area contributed by atoms with Crippen LogP contribution >= 0.6 is 11.6 Å². The van der Waals surface area contributed by atoms with E-state index in [1.165, 1.54) is 5.56 Å². The molecule has 0 aliphatic carbocycles. The molecule has 2 aromatic rings. The van der Waals surface area contributed by atoms with E-state index in [2.05, 4.69) is 32.9 Å². The molecular weight excluding hydrogens is 282 g/mol. The summed E-state index contributed by atoms with van der Waals surface area (Å²) in [4.78, 5) is 0. The third-order valence-corrected chi connectivity index (χ3v) is 3.87. The van der Waals surface area contributed by atoms with E-state index in [9.17, 15) is 0 Å². The van der Waals surface area contributed by atoms with Crippen molar-refractivity contribution in [3.05, 3.63) is 64.2 Å². The average Bonchev–Trinajstić information content (AvgIpc) is 2.45. The molecular formula is C18H22ClNO. The zero-order valence-corrected chi connectivity index (χ0v) is 13.7. The van der Waals surface area contributed by atoms with Crippen molar-refractivity contribution < 1.29 is 4.74 Å². The number of hydrogen-bond acceptors (Lipinski definition) is 2. The second kappa shape index (κ2) is 6.08. The minimum absolute atomic E-state index is 0.0278. The topological polar surface area (TPSA) is 35.2 Å². The van der Waals surface area contributed by atoms with Crippen molar-refractivity contribution in [2.24, 2.45) is 5.73 Å². The van der Waals surface area contributed by atoms with Gasteiger partial charge in [0.05, 0.1) is 13.2 Å². The first-order chi connectivity index (χ1) is 9.84. The fourth-order valence-electron chi connectivity index (χ4n) is 2.57. The summed E-state index contributed by atoms with van der Waals surface area (Å²) in [6, 6.07) is 13.5. The molecule has 3 heteroatoms. The Morgan fingerprint density at radius 1 is 1.05 bits per heavy atom. The summed E-state index contributed by atoms with van der Waals surface area (Å²) in [6.07, 6.45) is 0. The van der Waals surface area contributed by atoms with Gasteiger partial charge in [-0.1, -0.05) is 56.6 Å². The second-order valence-corrected chi connectivity index (χ2v) is 6.64. The highest BCUT2D eigenvalue weighted by molar-refractivity contribution is 6.30. The maximum absolute atomic E-state index is 6.52.